The lowest BCUT2D eigenvalue weighted by atomic mass is 10.1. The van der Waals surface area contributed by atoms with E-state index >= 15 is 0 Å². The van der Waals surface area contributed by atoms with E-state index in [4.69, 9.17) is 9.47 Å². The highest BCUT2D eigenvalue weighted by molar-refractivity contribution is 7.90. The Morgan fingerprint density at radius 1 is 0.889 bits per heavy atom. The molecule has 8 heteroatoms. The summed E-state index contributed by atoms with van der Waals surface area (Å²) >= 11 is 0. The number of carbonyl (C=O) groups excluding carboxylic acids is 1. The van der Waals surface area contributed by atoms with Gasteiger partial charge in [-0.15, -0.1) is 0 Å². The van der Waals surface area contributed by atoms with E-state index in [1.807, 2.05) is 24.0 Å². The standard InChI is InChI=1S/C28H32N2O5S/c1-21-8-13-25(36(32,33)19-23-9-11-24(12-10-23)35-20-34-3)18-26(21)28(31)30-16-14-29(15-17-30)27-7-5-4-6-22(27)2/h4-13,18H,14-17,19-20H2,1-3H3. The maximum absolute atomic E-state index is 13.4. The van der Waals surface area contributed by atoms with Crippen LogP contribution >= 0.6 is 0 Å². The third kappa shape index (κ3) is 5.88. The molecule has 1 saturated heterocycles. The minimum Gasteiger partial charge on any atom is -0.468 e. The van der Waals surface area contributed by atoms with Crippen LogP contribution in [0.15, 0.2) is 71.6 Å². The Kier molecular flexibility index (Phi) is 7.96. The van der Waals surface area contributed by atoms with Crippen LogP contribution in [0.25, 0.3) is 0 Å². The monoisotopic (exact) mass is 508 g/mol. The normalized spacial score (nSPS) is 14.1. The maximum atomic E-state index is 13.4. The molecule has 0 N–H and O–H groups in total. The molecule has 3 aromatic rings. The topological polar surface area (TPSA) is 76.1 Å². The maximum Gasteiger partial charge on any atom is 0.254 e. The molecule has 0 saturated carbocycles. The smallest absolute Gasteiger partial charge is 0.254 e. The molecule has 0 spiro atoms. The molecule has 1 aliphatic heterocycles. The van der Waals surface area contributed by atoms with Gasteiger partial charge < -0.3 is 19.3 Å². The van der Waals surface area contributed by atoms with Crippen LogP contribution in [-0.4, -0.2) is 59.3 Å². The molecule has 1 fully saturated rings. The number of benzene rings is 3. The Morgan fingerprint density at radius 3 is 2.25 bits per heavy atom. The van der Waals surface area contributed by atoms with Crippen LogP contribution in [0.3, 0.4) is 0 Å². The van der Waals surface area contributed by atoms with Gasteiger partial charge in [-0.1, -0.05) is 36.4 Å². The van der Waals surface area contributed by atoms with Crippen LogP contribution in [0, 0.1) is 13.8 Å². The predicted octanol–water partition coefficient (Wildman–Crippen LogP) is 4.22. The first-order chi connectivity index (χ1) is 17.3. The van der Waals surface area contributed by atoms with Gasteiger partial charge in [0.25, 0.3) is 5.91 Å². The van der Waals surface area contributed by atoms with Gasteiger partial charge in [0.15, 0.2) is 16.6 Å². The van der Waals surface area contributed by atoms with Gasteiger partial charge in [-0.3, -0.25) is 4.79 Å². The lowest BCUT2D eigenvalue weighted by Crippen LogP contribution is -2.49. The molecule has 0 aromatic heterocycles. The molecule has 0 bridgehead atoms. The number of anilines is 1. The highest BCUT2D eigenvalue weighted by atomic mass is 32.2. The van der Waals surface area contributed by atoms with Gasteiger partial charge in [0.1, 0.15) is 5.75 Å². The van der Waals surface area contributed by atoms with E-state index < -0.39 is 9.84 Å². The third-order valence-corrected chi connectivity index (χ3v) is 8.13. The Morgan fingerprint density at radius 2 is 1.58 bits per heavy atom. The Labute approximate surface area is 213 Å². The van der Waals surface area contributed by atoms with Crippen molar-refractivity contribution < 1.29 is 22.7 Å². The lowest BCUT2D eigenvalue weighted by molar-refractivity contribution is 0.0511. The fraction of sp³-hybridized carbons (Fsp3) is 0.321. The van der Waals surface area contributed by atoms with E-state index in [0.717, 1.165) is 18.7 Å². The van der Waals surface area contributed by atoms with Gasteiger partial charge in [0.2, 0.25) is 0 Å². The molecule has 0 radical (unpaired) electrons. The number of nitrogens with zero attached hydrogens (tertiary/aromatic N) is 2. The molecular weight excluding hydrogens is 476 g/mol. The third-order valence-electron chi connectivity index (χ3n) is 6.45. The van der Waals surface area contributed by atoms with E-state index in [-0.39, 0.29) is 23.3 Å². The zero-order valence-corrected chi connectivity index (χ0v) is 21.8. The van der Waals surface area contributed by atoms with Crippen LogP contribution in [0.4, 0.5) is 5.69 Å². The second kappa shape index (κ2) is 11.1. The number of aryl methyl sites for hydroxylation is 2. The zero-order chi connectivity index (χ0) is 25.7. The van der Waals surface area contributed by atoms with Gasteiger partial charge in [0.05, 0.1) is 10.6 Å². The minimum atomic E-state index is -3.64. The molecule has 1 heterocycles. The van der Waals surface area contributed by atoms with Crippen molar-refractivity contribution in [3.63, 3.8) is 0 Å². The predicted molar refractivity (Wildman–Crippen MR) is 140 cm³/mol. The second-order valence-electron chi connectivity index (χ2n) is 9.00. The van der Waals surface area contributed by atoms with Crippen LogP contribution in [0.1, 0.15) is 27.0 Å². The molecule has 0 atom stereocenters. The molecule has 1 aliphatic rings. The molecule has 3 aromatic carbocycles. The van der Waals surface area contributed by atoms with E-state index in [1.54, 1.807) is 36.4 Å². The first-order valence-corrected chi connectivity index (χ1v) is 13.6. The number of para-hydroxylation sites is 1. The molecule has 36 heavy (non-hydrogen) atoms. The first-order valence-electron chi connectivity index (χ1n) is 11.9. The molecule has 0 aliphatic carbocycles. The van der Waals surface area contributed by atoms with Crippen LogP contribution in [0.5, 0.6) is 5.75 Å². The van der Waals surface area contributed by atoms with Gasteiger partial charge in [0, 0.05) is 44.5 Å². The van der Waals surface area contributed by atoms with Crippen LogP contribution in [0.2, 0.25) is 0 Å². The Hall–Kier alpha value is -3.36. The van der Waals surface area contributed by atoms with Crippen molar-refractivity contribution in [3.8, 4) is 5.75 Å². The molecule has 7 nitrogen and oxygen atoms in total. The fourth-order valence-corrected chi connectivity index (χ4v) is 5.75. The lowest BCUT2D eigenvalue weighted by Gasteiger charge is -2.37. The van der Waals surface area contributed by atoms with Gasteiger partial charge in [-0.25, -0.2) is 8.42 Å². The number of hydrogen-bond donors (Lipinski definition) is 0. The molecule has 1 amide bonds. The number of rotatable bonds is 8. The number of amides is 1. The number of methoxy groups -OCH3 is 1. The van der Waals surface area contributed by atoms with Crippen molar-refractivity contribution in [3.05, 3.63) is 89.0 Å². The van der Waals surface area contributed by atoms with Crippen molar-refractivity contribution in [2.24, 2.45) is 0 Å². The van der Waals surface area contributed by atoms with Crippen molar-refractivity contribution in [1.29, 1.82) is 0 Å². The SMILES string of the molecule is COCOc1ccc(CS(=O)(=O)c2ccc(C)c(C(=O)N3CCN(c4ccccc4C)CC3)c2)cc1. The highest BCUT2D eigenvalue weighted by Gasteiger charge is 2.25. The second-order valence-corrected chi connectivity index (χ2v) is 11.0. The summed E-state index contributed by atoms with van der Waals surface area (Å²) in [5.41, 5.74) is 4.24. The van der Waals surface area contributed by atoms with Crippen molar-refractivity contribution in [1.82, 2.24) is 4.90 Å². The zero-order valence-electron chi connectivity index (χ0n) is 20.9. The fourth-order valence-electron chi connectivity index (χ4n) is 4.38. The van der Waals surface area contributed by atoms with Gasteiger partial charge in [-0.2, -0.15) is 0 Å². The Balaban J connectivity index is 1.46. The number of sulfone groups is 1. The number of piperazine rings is 1. The summed E-state index contributed by atoms with van der Waals surface area (Å²) in [4.78, 5) is 17.6. The number of hydrogen-bond acceptors (Lipinski definition) is 6. The molecule has 190 valence electrons. The average molecular weight is 509 g/mol. The molecule has 4 rings (SSSR count). The molecular formula is C28H32N2O5S. The summed E-state index contributed by atoms with van der Waals surface area (Å²) in [7, 11) is -2.11. The summed E-state index contributed by atoms with van der Waals surface area (Å²) in [5.74, 6) is 0.306. The number of carbonyl (C=O) groups is 1. The van der Waals surface area contributed by atoms with E-state index in [2.05, 4.69) is 24.0 Å². The summed E-state index contributed by atoms with van der Waals surface area (Å²) in [6, 6.07) is 19.9. The van der Waals surface area contributed by atoms with Crippen LogP contribution < -0.4 is 9.64 Å². The summed E-state index contributed by atoms with van der Waals surface area (Å²) in [6.45, 7) is 6.69. The van der Waals surface area contributed by atoms with Crippen LogP contribution in [-0.2, 0) is 20.3 Å². The summed E-state index contributed by atoms with van der Waals surface area (Å²) in [6.07, 6.45) is 0. The van der Waals surface area contributed by atoms with Crippen molar-refractivity contribution in [2.75, 3.05) is 45.0 Å². The first kappa shape index (κ1) is 25.7. The van der Waals surface area contributed by atoms with Gasteiger partial charge in [-0.05, 0) is 60.9 Å². The average Bonchev–Trinajstić information content (AvgIpc) is 2.88. The van der Waals surface area contributed by atoms with Crippen molar-refractivity contribution in [2.45, 2.75) is 24.5 Å². The van der Waals surface area contributed by atoms with E-state index in [0.29, 0.717) is 30.0 Å². The molecule has 0 unspecified atom stereocenters. The van der Waals surface area contributed by atoms with E-state index in [1.165, 1.54) is 24.4 Å². The minimum absolute atomic E-state index is 0.124. The quantitative estimate of drug-likeness (QED) is 0.424. The van der Waals surface area contributed by atoms with E-state index in [9.17, 15) is 13.2 Å². The summed E-state index contributed by atoms with van der Waals surface area (Å²) < 4.78 is 36.6. The Bertz CT molecular complexity index is 1310. The van der Waals surface area contributed by atoms with Gasteiger partial charge >= 0.3 is 0 Å². The highest BCUT2D eigenvalue weighted by Crippen LogP contribution is 2.24. The van der Waals surface area contributed by atoms with Crippen molar-refractivity contribution >= 4 is 21.4 Å². The number of ether oxygens (including phenoxy) is 2. The largest absolute Gasteiger partial charge is 0.468 e. The summed E-state index contributed by atoms with van der Waals surface area (Å²) in [5, 5.41) is 0.